The number of anilines is 1. The zero-order chi connectivity index (χ0) is 34.8. The van der Waals surface area contributed by atoms with Gasteiger partial charge in [0, 0.05) is 21.5 Å². The lowest BCUT2D eigenvalue weighted by molar-refractivity contribution is -0.145. The van der Waals surface area contributed by atoms with Crippen LogP contribution in [-0.4, -0.2) is 44.2 Å². The summed E-state index contributed by atoms with van der Waals surface area (Å²) < 4.78 is 36.3. The van der Waals surface area contributed by atoms with Crippen LogP contribution in [0.15, 0.2) is 101 Å². The minimum atomic E-state index is -3.50. The van der Waals surface area contributed by atoms with E-state index in [4.69, 9.17) is 26.1 Å². The van der Waals surface area contributed by atoms with E-state index in [0.717, 1.165) is 27.4 Å². The quantitative estimate of drug-likeness (QED) is 0.115. The summed E-state index contributed by atoms with van der Waals surface area (Å²) in [7, 11) is -3.50. The third kappa shape index (κ3) is 10.1. The molecule has 0 radical (unpaired) electrons. The van der Waals surface area contributed by atoms with E-state index >= 15 is 0 Å². The second-order valence-corrected chi connectivity index (χ2v) is 14.6. The van der Waals surface area contributed by atoms with E-state index in [0.29, 0.717) is 29.1 Å². The van der Waals surface area contributed by atoms with Crippen molar-refractivity contribution in [1.82, 2.24) is 4.98 Å². The summed E-state index contributed by atoms with van der Waals surface area (Å²) >= 11 is 7.44. The number of esters is 1. The van der Waals surface area contributed by atoms with Crippen LogP contribution in [0.5, 0.6) is 5.75 Å². The third-order valence-corrected chi connectivity index (χ3v) is 10.3. The largest absolute Gasteiger partial charge is 0.480 e. The zero-order valence-electron chi connectivity index (χ0n) is 27.0. The summed E-state index contributed by atoms with van der Waals surface area (Å²) in [5.41, 5.74) is 5.51. The highest BCUT2D eigenvalue weighted by atomic mass is 35.5. The molecule has 252 valence electrons. The molecule has 5 rings (SSSR count). The molecule has 1 amide bonds. The summed E-state index contributed by atoms with van der Waals surface area (Å²) in [6, 6.07) is 26.6. The van der Waals surface area contributed by atoms with Crippen LogP contribution < -0.4 is 10.1 Å². The van der Waals surface area contributed by atoms with Crippen molar-refractivity contribution in [3.63, 3.8) is 0 Å². The molecule has 49 heavy (non-hydrogen) atoms. The molecule has 5 aromatic rings. The van der Waals surface area contributed by atoms with Crippen molar-refractivity contribution in [3.8, 4) is 17.0 Å². The Morgan fingerprint density at radius 1 is 0.959 bits per heavy atom. The highest BCUT2D eigenvalue weighted by Gasteiger charge is 2.16. The molecule has 0 atom stereocenters. The lowest BCUT2D eigenvalue weighted by atomic mass is 10.1. The maximum Gasteiger partial charge on any atom is 0.344 e. The number of halogens is 1. The standard InChI is InChI=1S/C38H35ClN2O6S2/c1-3-46-37(42)24-47-35-19-11-28(7-5-21-49(44,45)32-17-15-31(39)16-18-32)23-33(35)41-38(43)30-8-4-6-27(22-30)12-20-36-40-34(25-48-36)29-13-9-26(2)10-14-29/h4,6,8-20,22-23,25H,3,5,7,21,24H2,1-2H3,(H,41,43). The molecule has 11 heteroatoms. The van der Waals surface area contributed by atoms with Gasteiger partial charge in [-0.05, 0) is 92.4 Å². The van der Waals surface area contributed by atoms with Gasteiger partial charge < -0.3 is 14.8 Å². The molecule has 8 nitrogen and oxygen atoms in total. The van der Waals surface area contributed by atoms with Gasteiger partial charge in [-0.2, -0.15) is 0 Å². The Bertz CT molecular complexity index is 2060. The first-order chi connectivity index (χ1) is 23.6. The molecule has 0 aliphatic rings. The molecule has 0 saturated heterocycles. The van der Waals surface area contributed by atoms with E-state index in [9.17, 15) is 18.0 Å². The van der Waals surface area contributed by atoms with Crippen molar-refractivity contribution in [1.29, 1.82) is 0 Å². The number of carbonyl (C=O) groups is 2. The molecule has 1 N–H and O–H groups in total. The number of nitrogens with zero attached hydrogens (tertiary/aromatic N) is 1. The van der Waals surface area contributed by atoms with Gasteiger partial charge in [0.05, 0.1) is 28.6 Å². The Labute approximate surface area is 295 Å². The maximum atomic E-state index is 13.5. The van der Waals surface area contributed by atoms with Crippen molar-refractivity contribution < 1.29 is 27.5 Å². The fourth-order valence-electron chi connectivity index (χ4n) is 4.89. The number of aryl methyl sites for hydroxylation is 2. The first-order valence-corrected chi connectivity index (χ1v) is 18.5. The predicted octanol–water partition coefficient (Wildman–Crippen LogP) is 8.54. The van der Waals surface area contributed by atoms with E-state index in [1.165, 1.54) is 29.0 Å². The van der Waals surface area contributed by atoms with Crippen LogP contribution in [0, 0.1) is 6.92 Å². The van der Waals surface area contributed by atoms with Crippen LogP contribution in [0.4, 0.5) is 5.69 Å². The molecule has 1 aromatic heterocycles. The highest BCUT2D eigenvalue weighted by molar-refractivity contribution is 7.91. The van der Waals surface area contributed by atoms with Crippen LogP contribution in [0.1, 0.15) is 45.4 Å². The van der Waals surface area contributed by atoms with Crippen LogP contribution in [0.3, 0.4) is 0 Å². The van der Waals surface area contributed by atoms with Gasteiger partial charge >= 0.3 is 5.97 Å². The first-order valence-electron chi connectivity index (χ1n) is 15.6. The van der Waals surface area contributed by atoms with Crippen molar-refractivity contribution in [2.75, 3.05) is 24.3 Å². The van der Waals surface area contributed by atoms with Gasteiger partial charge in [0.1, 0.15) is 10.8 Å². The summed E-state index contributed by atoms with van der Waals surface area (Å²) in [6.07, 6.45) is 4.59. The average Bonchev–Trinajstić information content (AvgIpc) is 3.57. The molecular formula is C38H35ClN2O6S2. The van der Waals surface area contributed by atoms with Gasteiger partial charge in [-0.3, -0.25) is 4.79 Å². The van der Waals surface area contributed by atoms with Gasteiger partial charge in [0.25, 0.3) is 5.91 Å². The van der Waals surface area contributed by atoms with Crippen molar-refractivity contribution in [3.05, 3.63) is 129 Å². The molecule has 0 aliphatic heterocycles. The Hall–Kier alpha value is -4.77. The number of hydrogen-bond donors (Lipinski definition) is 1. The number of carbonyl (C=O) groups excluding carboxylic acids is 2. The van der Waals surface area contributed by atoms with Crippen molar-refractivity contribution >= 4 is 62.5 Å². The van der Waals surface area contributed by atoms with Crippen molar-refractivity contribution in [2.45, 2.75) is 31.6 Å². The number of ether oxygens (including phenoxy) is 2. The lowest BCUT2D eigenvalue weighted by Gasteiger charge is -2.14. The Morgan fingerprint density at radius 2 is 1.73 bits per heavy atom. The molecule has 0 saturated carbocycles. The monoisotopic (exact) mass is 714 g/mol. The van der Waals surface area contributed by atoms with E-state index in [-0.39, 0.29) is 35.5 Å². The third-order valence-electron chi connectivity index (χ3n) is 7.43. The number of aromatic nitrogens is 1. The molecular weight excluding hydrogens is 680 g/mol. The van der Waals surface area contributed by atoms with E-state index in [2.05, 4.69) is 29.6 Å². The van der Waals surface area contributed by atoms with Gasteiger partial charge in [-0.25, -0.2) is 18.2 Å². The number of hydrogen-bond acceptors (Lipinski definition) is 8. The van der Waals surface area contributed by atoms with Gasteiger partial charge in [0.15, 0.2) is 16.4 Å². The van der Waals surface area contributed by atoms with Crippen LogP contribution in [0.2, 0.25) is 5.02 Å². The van der Waals surface area contributed by atoms with Crippen LogP contribution in [-0.2, 0) is 25.8 Å². The summed E-state index contributed by atoms with van der Waals surface area (Å²) in [6.45, 7) is 3.63. The van der Waals surface area contributed by atoms with Crippen molar-refractivity contribution in [2.24, 2.45) is 0 Å². The first kappa shape index (κ1) is 35.5. The van der Waals surface area contributed by atoms with E-state index in [1.54, 1.807) is 55.5 Å². The Morgan fingerprint density at radius 3 is 2.49 bits per heavy atom. The smallest absolute Gasteiger partial charge is 0.344 e. The Balaban J connectivity index is 1.28. The number of thiazole rings is 1. The molecule has 0 aliphatic carbocycles. The number of benzene rings is 4. The normalized spacial score (nSPS) is 11.4. The second kappa shape index (κ2) is 16.6. The van der Waals surface area contributed by atoms with E-state index in [1.807, 2.05) is 30.5 Å². The summed E-state index contributed by atoms with van der Waals surface area (Å²) in [4.78, 5) is 30.4. The SMILES string of the molecule is CCOC(=O)COc1ccc(CCCS(=O)(=O)c2ccc(Cl)cc2)cc1NC(=O)c1cccc(C=Cc2nc(-c3ccc(C)cc3)cs2)c1. The molecule has 0 spiro atoms. The van der Waals surface area contributed by atoms with Gasteiger partial charge in [0.2, 0.25) is 0 Å². The molecule has 0 unspecified atom stereocenters. The Kier molecular flexibility index (Phi) is 12.0. The number of amides is 1. The maximum absolute atomic E-state index is 13.5. The number of nitrogens with one attached hydrogen (secondary N) is 1. The van der Waals surface area contributed by atoms with Gasteiger partial charge in [-0.15, -0.1) is 11.3 Å². The molecule has 0 fully saturated rings. The number of rotatable bonds is 14. The summed E-state index contributed by atoms with van der Waals surface area (Å²) in [5, 5.41) is 6.23. The topological polar surface area (TPSA) is 112 Å². The van der Waals surface area contributed by atoms with Crippen LogP contribution in [0.25, 0.3) is 23.4 Å². The van der Waals surface area contributed by atoms with Crippen LogP contribution >= 0.6 is 22.9 Å². The zero-order valence-corrected chi connectivity index (χ0v) is 29.4. The lowest BCUT2D eigenvalue weighted by Crippen LogP contribution is -2.17. The van der Waals surface area contributed by atoms with E-state index < -0.39 is 15.8 Å². The molecule has 0 bridgehead atoms. The predicted molar refractivity (Wildman–Crippen MR) is 196 cm³/mol. The minimum absolute atomic E-state index is 0.0635. The van der Waals surface area contributed by atoms with Gasteiger partial charge in [-0.1, -0.05) is 65.7 Å². The summed E-state index contributed by atoms with van der Waals surface area (Å²) in [5.74, 6) is -0.703. The molecule has 4 aromatic carbocycles. The second-order valence-electron chi connectivity index (χ2n) is 11.2. The number of sulfone groups is 1. The fourth-order valence-corrected chi connectivity index (χ4v) is 7.04. The highest BCUT2D eigenvalue weighted by Crippen LogP contribution is 2.28. The molecule has 1 heterocycles. The minimum Gasteiger partial charge on any atom is -0.480 e. The average molecular weight is 715 g/mol. The fraction of sp³-hybridized carbons (Fsp3) is 0.184.